The molecule has 0 bridgehead atoms. The van der Waals surface area contributed by atoms with Gasteiger partial charge in [-0.15, -0.1) is 0 Å². The summed E-state index contributed by atoms with van der Waals surface area (Å²) >= 11 is 0. The molecule has 1 aliphatic rings. The van der Waals surface area contributed by atoms with Crippen LogP contribution in [-0.4, -0.2) is 31.2 Å². The van der Waals surface area contributed by atoms with E-state index in [1.807, 2.05) is 0 Å². The third-order valence-electron chi connectivity index (χ3n) is 2.99. The maximum absolute atomic E-state index is 11.7. The smallest absolute Gasteiger partial charge is 0.249 e. The standard InChI is InChI=1S/C12H24N2O2/c1-2-3-4-5-8-14-12(15)11-7-6-10(9-13)16-11/h10-11H,2-9,13H2,1H3,(H,14,15). The van der Waals surface area contributed by atoms with Crippen LogP contribution in [0.4, 0.5) is 0 Å². The summed E-state index contributed by atoms with van der Waals surface area (Å²) in [5, 5.41) is 2.92. The topological polar surface area (TPSA) is 64.4 Å². The van der Waals surface area contributed by atoms with Crippen LogP contribution >= 0.6 is 0 Å². The Bertz CT molecular complexity index is 209. The maximum Gasteiger partial charge on any atom is 0.249 e. The summed E-state index contributed by atoms with van der Waals surface area (Å²) in [5.41, 5.74) is 5.49. The molecule has 1 rings (SSSR count). The molecule has 2 unspecified atom stereocenters. The fraction of sp³-hybridized carbons (Fsp3) is 0.917. The summed E-state index contributed by atoms with van der Waals surface area (Å²) in [6.45, 7) is 3.46. The van der Waals surface area contributed by atoms with E-state index in [1.54, 1.807) is 0 Å². The molecule has 0 aromatic carbocycles. The Morgan fingerprint density at radius 2 is 2.19 bits per heavy atom. The predicted molar refractivity (Wildman–Crippen MR) is 64.1 cm³/mol. The zero-order chi connectivity index (χ0) is 11.8. The highest BCUT2D eigenvalue weighted by atomic mass is 16.5. The van der Waals surface area contributed by atoms with Crippen molar-refractivity contribution >= 4 is 5.91 Å². The Labute approximate surface area is 97.9 Å². The summed E-state index contributed by atoms with van der Waals surface area (Å²) in [6, 6.07) is 0. The number of ether oxygens (including phenoxy) is 1. The largest absolute Gasteiger partial charge is 0.364 e. The molecule has 1 heterocycles. The Hall–Kier alpha value is -0.610. The van der Waals surface area contributed by atoms with Gasteiger partial charge >= 0.3 is 0 Å². The van der Waals surface area contributed by atoms with Crippen molar-refractivity contribution in [2.75, 3.05) is 13.1 Å². The molecule has 3 N–H and O–H groups in total. The van der Waals surface area contributed by atoms with Crippen LogP contribution in [0.3, 0.4) is 0 Å². The fourth-order valence-electron chi connectivity index (χ4n) is 1.95. The van der Waals surface area contributed by atoms with Crippen LogP contribution in [0.15, 0.2) is 0 Å². The van der Waals surface area contributed by atoms with E-state index >= 15 is 0 Å². The number of carbonyl (C=O) groups is 1. The van der Waals surface area contributed by atoms with E-state index < -0.39 is 0 Å². The van der Waals surface area contributed by atoms with Gasteiger partial charge in [0.25, 0.3) is 0 Å². The first-order valence-electron chi connectivity index (χ1n) is 6.41. The Morgan fingerprint density at radius 3 is 2.81 bits per heavy atom. The number of carbonyl (C=O) groups excluding carboxylic acids is 1. The van der Waals surface area contributed by atoms with Crippen LogP contribution in [0.1, 0.15) is 45.4 Å². The van der Waals surface area contributed by atoms with Gasteiger partial charge in [0.1, 0.15) is 6.10 Å². The molecule has 16 heavy (non-hydrogen) atoms. The third kappa shape index (κ3) is 4.49. The summed E-state index contributed by atoms with van der Waals surface area (Å²) in [4.78, 5) is 11.7. The lowest BCUT2D eigenvalue weighted by Gasteiger charge is -2.12. The first-order valence-corrected chi connectivity index (χ1v) is 6.41. The molecule has 1 saturated heterocycles. The highest BCUT2D eigenvalue weighted by Gasteiger charge is 2.29. The van der Waals surface area contributed by atoms with Gasteiger partial charge < -0.3 is 15.8 Å². The van der Waals surface area contributed by atoms with Crippen molar-refractivity contribution in [1.29, 1.82) is 0 Å². The van der Waals surface area contributed by atoms with Crippen molar-refractivity contribution in [1.82, 2.24) is 5.32 Å². The van der Waals surface area contributed by atoms with E-state index in [2.05, 4.69) is 12.2 Å². The lowest BCUT2D eigenvalue weighted by Crippen LogP contribution is -2.36. The second-order valence-corrected chi connectivity index (χ2v) is 4.41. The molecular formula is C12H24N2O2. The van der Waals surface area contributed by atoms with Crippen molar-refractivity contribution in [3.05, 3.63) is 0 Å². The van der Waals surface area contributed by atoms with E-state index in [0.717, 1.165) is 25.8 Å². The Balaban J connectivity index is 2.06. The van der Waals surface area contributed by atoms with Crippen molar-refractivity contribution in [3.8, 4) is 0 Å². The van der Waals surface area contributed by atoms with Gasteiger partial charge in [-0.2, -0.15) is 0 Å². The molecule has 0 spiro atoms. The number of nitrogens with two attached hydrogens (primary N) is 1. The number of unbranched alkanes of at least 4 members (excludes halogenated alkanes) is 3. The highest BCUT2D eigenvalue weighted by Crippen LogP contribution is 2.18. The summed E-state index contributed by atoms with van der Waals surface area (Å²) in [6.07, 6.45) is 6.24. The van der Waals surface area contributed by atoms with Crippen molar-refractivity contribution in [3.63, 3.8) is 0 Å². The molecule has 0 aliphatic carbocycles. The molecule has 4 nitrogen and oxygen atoms in total. The van der Waals surface area contributed by atoms with Gasteiger partial charge in [-0.3, -0.25) is 4.79 Å². The molecule has 0 radical (unpaired) electrons. The quantitative estimate of drug-likeness (QED) is 0.643. The molecule has 1 fully saturated rings. The average Bonchev–Trinajstić information content (AvgIpc) is 2.77. The first-order chi connectivity index (χ1) is 7.77. The van der Waals surface area contributed by atoms with Crippen LogP contribution < -0.4 is 11.1 Å². The Kier molecular flexibility index (Phi) is 6.42. The average molecular weight is 228 g/mol. The second-order valence-electron chi connectivity index (χ2n) is 4.41. The normalized spacial score (nSPS) is 24.6. The van der Waals surface area contributed by atoms with Crippen LogP contribution in [0.5, 0.6) is 0 Å². The van der Waals surface area contributed by atoms with Gasteiger partial charge in [0.2, 0.25) is 5.91 Å². The summed E-state index contributed by atoms with van der Waals surface area (Å²) in [7, 11) is 0. The number of amides is 1. The van der Waals surface area contributed by atoms with E-state index in [-0.39, 0.29) is 18.1 Å². The molecule has 1 amide bonds. The minimum Gasteiger partial charge on any atom is -0.364 e. The zero-order valence-corrected chi connectivity index (χ0v) is 10.2. The third-order valence-corrected chi connectivity index (χ3v) is 2.99. The molecular weight excluding hydrogens is 204 g/mol. The van der Waals surface area contributed by atoms with Gasteiger partial charge in [-0.1, -0.05) is 26.2 Å². The fourth-order valence-corrected chi connectivity index (χ4v) is 1.95. The van der Waals surface area contributed by atoms with E-state index in [9.17, 15) is 4.79 Å². The molecule has 0 aromatic rings. The van der Waals surface area contributed by atoms with Gasteiger partial charge in [0, 0.05) is 13.1 Å². The van der Waals surface area contributed by atoms with Crippen LogP contribution in [0.2, 0.25) is 0 Å². The van der Waals surface area contributed by atoms with E-state index in [1.165, 1.54) is 19.3 Å². The number of nitrogens with one attached hydrogen (secondary N) is 1. The number of hydrogen-bond donors (Lipinski definition) is 2. The molecule has 0 aromatic heterocycles. The van der Waals surface area contributed by atoms with Crippen molar-refractivity contribution in [2.45, 2.75) is 57.7 Å². The van der Waals surface area contributed by atoms with E-state index in [0.29, 0.717) is 6.54 Å². The summed E-state index contributed by atoms with van der Waals surface area (Å²) < 4.78 is 5.51. The molecule has 4 heteroatoms. The SMILES string of the molecule is CCCCCCNC(=O)C1CCC(CN)O1. The Morgan fingerprint density at radius 1 is 1.38 bits per heavy atom. The van der Waals surface area contributed by atoms with Crippen molar-refractivity contribution < 1.29 is 9.53 Å². The second kappa shape index (κ2) is 7.63. The van der Waals surface area contributed by atoms with Gasteiger partial charge in [-0.05, 0) is 19.3 Å². The van der Waals surface area contributed by atoms with Crippen molar-refractivity contribution in [2.24, 2.45) is 5.73 Å². The lowest BCUT2D eigenvalue weighted by molar-refractivity contribution is -0.131. The maximum atomic E-state index is 11.7. The lowest BCUT2D eigenvalue weighted by atomic mass is 10.2. The predicted octanol–water partition coefficient (Wildman–Crippen LogP) is 1.19. The molecule has 2 atom stereocenters. The van der Waals surface area contributed by atoms with Gasteiger partial charge in [-0.25, -0.2) is 0 Å². The zero-order valence-electron chi connectivity index (χ0n) is 10.2. The summed E-state index contributed by atoms with van der Waals surface area (Å²) in [5.74, 6) is 0.0347. The minimum atomic E-state index is -0.264. The molecule has 1 aliphatic heterocycles. The molecule has 94 valence electrons. The monoisotopic (exact) mass is 228 g/mol. The molecule has 0 saturated carbocycles. The van der Waals surface area contributed by atoms with Crippen LogP contribution in [0, 0.1) is 0 Å². The number of rotatable bonds is 7. The minimum absolute atomic E-state index is 0.0347. The van der Waals surface area contributed by atoms with Gasteiger partial charge in [0.05, 0.1) is 6.10 Å². The number of hydrogen-bond acceptors (Lipinski definition) is 3. The van der Waals surface area contributed by atoms with E-state index in [4.69, 9.17) is 10.5 Å². The van der Waals surface area contributed by atoms with Crippen LogP contribution in [-0.2, 0) is 9.53 Å². The first kappa shape index (κ1) is 13.5. The highest BCUT2D eigenvalue weighted by molar-refractivity contribution is 5.80. The van der Waals surface area contributed by atoms with Gasteiger partial charge in [0.15, 0.2) is 0 Å². The van der Waals surface area contributed by atoms with Crippen LogP contribution in [0.25, 0.3) is 0 Å².